The molecule has 2 heterocycles. The number of carbonyl (C=O) groups excluding carboxylic acids is 1. The molecule has 2 aromatic rings. The van der Waals surface area contributed by atoms with E-state index >= 15 is 0 Å². The Kier molecular flexibility index (Phi) is 6.22. The molecule has 0 spiro atoms. The second-order valence-corrected chi connectivity index (χ2v) is 8.05. The van der Waals surface area contributed by atoms with E-state index in [4.69, 9.17) is 14.0 Å². The largest absolute Gasteiger partial charge is 0.493 e. The first kappa shape index (κ1) is 20.7. The average molecular weight is 415 g/mol. The highest BCUT2D eigenvalue weighted by molar-refractivity contribution is 5.86. The summed E-state index contributed by atoms with van der Waals surface area (Å²) in [5.41, 5.74) is 0.385. The van der Waals surface area contributed by atoms with Crippen molar-refractivity contribution in [1.29, 1.82) is 0 Å². The number of aromatic nitrogens is 2. The van der Waals surface area contributed by atoms with Crippen molar-refractivity contribution in [1.82, 2.24) is 20.4 Å². The molecule has 8 nitrogen and oxygen atoms in total. The number of hydrogen-bond acceptors (Lipinski definition) is 7. The van der Waals surface area contributed by atoms with Crippen LogP contribution in [0.25, 0.3) is 11.4 Å². The number of nitrogens with one attached hydrogen (secondary N) is 1. The molecule has 4 rings (SSSR count). The molecule has 0 atom stereocenters. The number of ether oxygens (including phenoxy) is 2. The summed E-state index contributed by atoms with van der Waals surface area (Å²) in [4.78, 5) is 20.1. The van der Waals surface area contributed by atoms with E-state index in [9.17, 15) is 4.79 Å². The molecular formula is C22H30N4O4. The Morgan fingerprint density at radius 3 is 2.53 bits per heavy atom. The summed E-state index contributed by atoms with van der Waals surface area (Å²) in [6, 6.07) is 5.45. The Hall–Kier alpha value is -2.61. The van der Waals surface area contributed by atoms with Gasteiger partial charge in [0, 0.05) is 5.56 Å². The van der Waals surface area contributed by atoms with Gasteiger partial charge in [0.1, 0.15) is 5.54 Å². The summed E-state index contributed by atoms with van der Waals surface area (Å²) in [5.74, 6) is 2.17. The van der Waals surface area contributed by atoms with Crippen LogP contribution in [0.5, 0.6) is 11.5 Å². The fraction of sp³-hybridized carbons (Fsp3) is 0.591. The van der Waals surface area contributed by atoms with Crippen LogP contribution >= 0.6 is 0 Å². The minimum atomic E-state index is -0.374. The molecule has 0 radical (unpaired) electrons. The lowest BCUT2D eigenvalue weighted by atomic mass is 9.79. The third kappa shape index (κ3) is 4.01. The summed E-state index contributed by atoms with van der Waals surface area (Å²) < 4.78 is 16.0. The van der Waals surface area contributed by atoms with E-state index in [-0.39, 0.29) is 18.0 Å². The van der Waals surface area contributed by atoms with Crippen LogP contribution in [-0.4, -0.2) is 53.8 Å². The Balaban J connectivity index is 1.44. The van der Waals surface area contributed by atoms with Gasteiger partial charge in [-0.1, -0.05) is 24.4 Å². The molecule has 1 saturated carbocycles. The average Bonchev–Trinajstić information content (AvgIpc) is 3.50. The zero-order valence-electron chi connectivity index (χ0n) is 17.8. The van der Waals surface area contributed by atoms with E-state index < -0.39 is 0 Å². The topological polar surface area (TPSA) is 89.7 Å². The van der Waals surface area contributed by atoms with Crippen molar-refractivity contribution in [3.8, 4) is 22.9 Å². The third-order valence-electron chi connectivity index (χ3n) is 6.32. The molecule has 162 valence electrons. The van der Waals surface area contributed by atoms with Gasteiger partial charge in [-0.25, -0.2) is 0 Å². The van der Waals surface area contributed by atoms with Gasteiger partial charge in [-0.3, -0.25) is 9.69 Å². The van der Waals surface area contributed by atoms with Crippen LogP contribution in [0.3, 0.4) is 0 Å². The van der Waals surface area contributed by atoms with Crippen LogP contribution < -0.4 is 14.8 Å². The van der Waals surface area contributed by atoms with Crippen LogP contribution in [0.4, 0.5) is 0 Å². The van der Waals surface area contributed by atoms with E-state index in [0.29, 0.717) is 23.2 Å². The van der Waals surface area contributed by atoms with Gasteiger partial charge in [-0.15, -0.1) is 0 Å². The smallest absolute Gasteiger partial charge is 0.246 e. The number of likely N-dealkylation sites (tertiary alicyclic amines) is 1. The lowest BCUT2D eigenvalue weighted by molar-refractivity contribution is -0.135. The van der Waals surface area contributed by atoms with Crippen LogP contribution in [-0.2, 0) is 11.3 Å². The van der Waals surface area contributed by atoms with E-state index in [1.54, 1.807) is 26.4 Å². The number of carbonyl (C=O) groups is 1. The van der Waals surface area contributed by atoms with Crippen LogP contribution in [0.15, 0.2) is 22.7 Å². The first-order valence-corrected chi connectivity index (χ1v) is 10.7. The lowest BCUT2D eigenvalue weighted by Gasteiger charge is -2.43. The monoisotopic (exact) mass is 414 g/mol. The summed E-state index contributed by atoms with van der Waals surface area (Å²) in [6.45, 7) is 2.25. The number of methoxy groups -OCH3 is 2. The van der Waals surface area contributed by atoms with Gasteiger partial charge < -0.3 is 19.3 Å². The quantitative estimate of drug-likeness (QED) is 0.744. The summed E-state index contributed by atoms with van der Waals surface area (Å²) in [5, 5.41) is 7.13. The van der Waals surface area contributed by atoms with Gasteiger partial charge in [0.25, 0.3) is 0 Å². The third-order valence-corrected chi connectivity index (χ3v) is 6.32. The van der Waals surface area contributed by atoms with Gasteiger partial charge in [0.2, 0.25) is 17.6 Å². The molecular weight excluding hydrogens is 384 g/mol. The van der Waals surface area contributed by atoms with Crippen LogP contribution in [0.2, 0.25) is 0 Å². The van der Waals surface area contributed by atoms with Crippen molar-refractivity contribution < 1.29 is 18.8 Å². The molecule has 1 saturated heterocycles. The summed E-state index contributed by atoms with van der Waals surface area (Å²) in [7, 11) is 3.17. The number of benzene rings is 1. The normalized spacial score (nSPS) is 18.9. The standard InChI is InChI=1S/C22H30N4O4/c1-28-17-9-8-16(14-18(17)29-2)20-24-19(30-25-20)15-23-21(27)22(10-4-3-5-11-22)26-12-6-7-13-26/h8-9,14H,3-7,10-13,15H2,1-2H3,(H,23,27). The van der Waals surface area contributed by atoms with Gasteiger partial charge >= 0.3 is 0 Å². The maximum atomic E-state index is 13.2. The van der Waals surface area contributed by atoms with Crippen molar-refractivity contribution >= 4 is 5.91 Å². The van der Waals surface area contributed by atoms with E-state index in [2.05, 4.69) is 20.4 Å². The van der Waals surface area contributed by atoms with Gasteiger partial charge in [0.05, 0.1) is 20.8 Å². The molecule has 0 bridgehead atoms. The molecule has 1 aromatic carbocycles. The second-order valence-electron chi connectivity index (χ2n) is 8.05. The predicted octanol–water partition coefficient (Wildman–Crippen LogP) is 3.17. The molecule has 1 N–H and O–H groups in total. The molecule has 2 aliphatic rings. The fourth-order valence-corrected chi connectivity index (χ4v) is 4.71. The van der Waals surface area contributed by atoms with Gasteiger partial charge in [0.15, 0.2) is 11.5 Å². The van der Waals surface area contributed by atoms with Crippen LogP contribution in [0.1, 0.15) is 50.8 Å². The lowest BCUT2D eigenvalue weighted by Crippen LogP contribution is -2.58. The number of hydrogen-bond donors (Lipinski definition) is 1. The molecule has 2 fully saturated rings. The van der Waals surface area contributed by atoms with Gasteiger partial charge in [-0.05, 0) is 57.0 Å². The van der Waals surface area contributed by atoms with E-state index in [1.165, 1.54) is 19.3 Å². The first-order valence-electron chi connectivity index (χ1n) is 10.7. The molecule has 1 aliphatic carbocycles. The molecule has 30 heavy (non-hydrogen) atoms. The van der Waals surface area contributed by atoms with Crippen molar-refractivity contribution in [3.63, 3.8) is 0 Å². The minimum absolute atomic E-state index is 0.0926. The number of amides is 1. The zero-order valence-corrected chi connectivity index (χ0v) is 17.8. The zero-order chi connectivity index (χ0) is 21.0. The minimum Gasteiger partial charge on any atom is -0.493 e. The highest BCUT2D eigenvalue weighted by Crippen LogP contribution is 2.36. The maximum Gasteiger partial charge on any atom is 0.246 e. The Morgan fingerprint density at radius 2 is 1.83 bits per heavy atom. The number of rotatable bonds is 7. The molecule has 8 heteroatoms. The van der Waals surface area contributed by atoms with Crippen molar-refractivity contribution in [2.24, 2.45) is 0 Å². The SMILES string of the molecule is COc1ccc(-c2noc(CNC(=O)C3(N4CCCC4)CCCCC3)n2)cc1OC. The molecule has 1 aliphatic heterocycles. The maximum absolute atomic E-state index is 13.2. The highest BCUT2D eigenvalue weighted by atomic mass is 16.5. The predicted molar refractivity (Wildman–Crippen MR) is 111 cm³/mol. The Bertz CT molecular complexity index is 870. The Labute approximate surface area is 176 Å². The van der Waals surface area contributed by atoms with E-state index in [1.807, 2.05) is 6.07 Å². The fourth-order valence-electron chi connectivity index (χ4n) is 4.71. The second kappa shape index (κ2) is 9.04. The highest BCUT2D eigenvalue weighted by Gasteiger charge is 2.45. The van der Waals surface area contributed by atoms with Crippen molar-refractivity contribution in [3.05, 3.63) is 24.1 Å². The summed E-state index contributed by atoms with van der Waals surface area (Å²) in [6.07, 6.45) is 7.63. The van der Waals surface area contributed by atoms with Crippen molar-refractivity contribution in [2.75, 3.05) is 27.3 Å². The molecule has 1 aromatic heterocycles. The van der Waals surface area contributed by atoms with Crippen molar-refractivity contribution in [2.45, 2.75) is 57.0 Å². The van der Waals surface area contributed by atoms with Crippen LogP contribution in [0, 0.1) is 0 Å². The Morgan fingerprint density at radius 1 is 1.10 bits per heavy atom. The molecule has 1 amide bonds. The summed E-state index contributed by atoms with van der Waals surface area (Å²) >= 11 is 0. The first-order chi connectivity index (χ1) is 14.7. The van der Waals surface area contributed by atoms with E-state index in [0.717, 1.165) is 44.3 Å². The van der Waals surface area contributed by atoms with Gasteiger partial charge in [-0.2, -0.15) is 4.98 Å². The number of nitrogens with zero attached hydrogens (tertiary/aromatic N) is 3. The molecule has 0 unspecified atom stereocenters.